The number of nitrogens with zero attached hydrogens (tertiary/aromatic N) is 1. The van der Waals surface area contributed by atoms with Crippen LogP contribution in [0.15, 0.2) is 24.3 Å². The zero-order valence-corrected chi connectivity index (χ0v) is 11.0. The highest BCUT2D eigenvalue weighted by Gasteiger charge is 2.17. The van der Waals surface area contributed by atoms with Gasteiger partial charge in [0.15, 0.2) is 0 Å². The molecule has 0 spiro atoms. The molecule has 1 unspecified atom stereocenters. The van der Waals surface area contributed by atoms with E-state index < -0.39 is 6.61 Å². The van der Waals surface area contributed by atoms with Crippen LogP contribution in [0.5, 0.6) is 5.75 Å². The molecule has 1 rings (SSSR count). The summed E-state index contributed by atoms with van der Waals surface area (Å²) in [6.07, 6.45) is 0.00370. The largest absolute Gasteiger partial charge is 0.435 e. The third-order valence-electron chi connectivity index (χ3n) is 2.93. The number of carbonyl (C=O) groups is 1. The minimum absolute atomic E-state index is 0.00370. The maximum atomic E-state index is 12.2. The summed E-state index contributed by atoms with van der Waals surface area (Å²) in [5.41, 5.74) is 5.92. The van der Waals surface area contributed by atoms with Crippen LogP contribution < -0.4 is 10.5 Å². The Balaban J connectivity index is 2.79. The zero-order valence-electron chi connectivity index (χ0n) is 11.0. The van der Waals surface area contributed by atoms with Crippen LogP contribution in [0.3, 0.4) is 0 Å². The van der Waals surface area contributed by atoms with Gasteiger partial charge in [-0.1, -0.05) is 18.2 Å². The molecule has 1 aromatic carbocycles. The van der Waals surface area contributed by atoms with Crippen molar-refractivity contribution in [2.24, 2.45) is 5.73 Å². The Morgan fingerprint density at radius 3 is 2.63 bits per heavy atom. The second kappa shape index (κ2) is 7.04. The van der Waals surface area contributed by atoms with E-state index in [2.05, 4.69) is 4.74 Å². The number of nitrogens with two attached hydrogens (primary N) is 1. The van der Waals surface area contributed by atoms with Crippen LogP contribution in [-0.4, -0.2) is 37.1 Å². The SMILES string of the molecule is CC(CN)N(C)C(=O)Cc1ccccc1OC(F)F. The molecule has 1 amide bonds. The molecule has 1 aromatic rings. The Kier molecular flexibility index (Phi) is 5.69. The summed E-state index contributed by atoms with van der Waals surface area (Å²) in [4.78, 5) is 13.5. The lowest BCUT2D eigenvalue weighted by Crippen LogP contribution is -2.40. The average Bonchev–Trinajstić information content (AvgIpc) is 2.38. The monoisotopic (exact) mass is 272 g/mol. The zero-order chi connectivity index (χ0) is 14.4. The van der Waals surface area contributed by atoms with Crippen molar-refractivity contribution in [3.05, 3.63) is 29.8 Å². The minimum atomic E-state index is -2.91. The van der Waals surface area contributed by atoms with Crippen LogP contribution in [0.25, 0.3) is 0 Å². The van der Waals surface area contributed by atoms with Gasteiger partial charge >= 0.3 is 6.61 Å². The molecule has 1 atom stereocenters. The number of likely N-dealkylation sites (N-methyl/N-ethyl adjacent to an activating group) is 1. The molecule has 0 fully saturated rings. The van der Waals surface area contributed by atoms with E-state index in [9.17, 15) is 13.6 Å². The smallest absolute Gasteiger partial charge is 0.387 e. The Bertz CT molecular complexity index is 427. The van der Waals surface area contributed by atoms with Gasteiger partial charge in [0, 0.05) is 25.2 Å². The number of benzene rings is 1. The molecule has 0 saturated carbocycles. The summed E-state index contributed by atoms with van der Waals surface area (Å²) in [6, 6.07) is 6.17. The van der Waals surface area contributed by atoms with Gasteiger partial charge in [0.25, 0.3) is 0 Å². The summed E-state index contributed by atoms with van der Waals surface area (Å²) in [5, 5.41) is 0. The molecule has 2 N–H and O–H groups in total. The first-order valence-corrected chi connectivity index (χ1v) is 5.94. The molecule has 0 aromatic heterocycles. The second-order valence-corrected chi connectivity index (χ2v) is 4.25. The fraction of sp³-hybridized carbons (Fsp3) is 0.462. The number of hydrogen-bond acceptors (Lipinski definition) is 3. The van der Waals surface area contributed by atoms with Crippen LogP contribution in [0.1, 0.15) is 12.5 Å². The lowest BCUT2D eigenvalue weighted by Gasteiger charge is -2.24. The molecule has 0 aliphatic rings. The van der Waals surface area contributed by atoms with Crippen LogP contribution in [0.4, 0.5) is 8.78 Å². The van der Waals surface area contributed by atoms with Gasteiger partial charge in [-0.05, 0) is 13.0 Å². The van der Waals surface area contributed by atoms with Crippen molar-refractivity contribution in [2.45, 2.75) is 26.0 Å². The Morgan fingerprint density at radius 2 is 2.05 bits per heavy atom. The lowest BCUT2D eigenvalue weighted by atomic mass is 10.1. The van der Waals surface area contributed by atoms with Gasteiger partial charge in [-0.2, -0.15) is 8.78 Å². The van der Waals surface area contributed by atoms with Crippen LogP contribution in [-0.2, 0) is 11.2 Å². The maximum absolute atomic E-state index is 12.2. The van der Waals surface area contributed by atoms with Gasteiger partial charge in [-0.3, -0.25) is 4.79 Å². The first-order chi connectivity index (χ1) is 8.95. The summed E-state index contributed by atoms with van der Waals surface area (Å²) in [5.74, 6) is -0.164. The van der Waals surface area contributed by atoms with Crippen LogP contribution in [0.2, 0.25) is 0 Å². The fourth-order valence-corrected chi connectivity index (χ4v) is 1.55. The predicted molar refractivity (Wildman–Crippen MR) is 68.1 cm³/mol. The highest BCUT2D eigenvalue weighted by Crippen LogP contribution is 2.21. The van der Waals surface area contributed by atoms with Crippen molar-refractivity contribution in [2.75, 3.05) is 13.6 Å². The summed E-state index contributed by atoms with van der Waals surface area (Å²) in [7, 11) is 1.64. The van der Waals surface area contributed by atoms with E-state index in [0.29, 0.717) is 12.1 Å². The van der Waals surface area contributed by atoms with Crippen molar-refractivity contribution in [1.82, 2.24) is 4.90 Å². The van der Waals surface area contributed by atoms with Gasteiger partial charge in [-0.25, -0.2) is 0 Å². The van der Waals surface area contributed by atoms with E-state index in [1.807, 2.05) is 6.92 Å². The topological polar surface area (TPSA) is 55.6 Å². The Morgan fingerprint density at radius 1 is 1.42 bits per heavy atom. The van der Waals surface area contributed by atoms with Gasteiger partial charge in [0.1, 0.15) is 5.75 Å². The van der Waals surface area contributed by atoms with E-state index >= 15 is 0 Å². The van der Waals surface area contributed by atoms with Crippen molar-refractivity contribution >= 4 is 5.91 Å². The van der Waals surface area contributed by atoms with E-state index in [4.69, 9.17) is 5.73 Å². The molecule has 0 bridgehead atoms. The fourth-order valence-electron chi connectivity index (χ4n) is 1.55. The lowest BCUT2D eigenvalue weighted by molar-refractivity contribution is -0.130. The summed E-state index contributed by atoms with van der Waals surface area (Å²) in [6.45, 7) is -0.742. The number of carbonyl (C=O) groups excluding carboxylic acids is 1. The number of halogens is 2. The van der Waals surface area contributed by atoms with Crippen LogP contribution in [0, 0.1) is 0 Å². The Labute approximate surface area is 111 Å². The summed E-state index contributed by atoms with van der Waals surface area (Å²) >= 11 is 0. The molecule has 0 aliphatic heterocycles. The van der Waals surface area contributed by atoms with Crippen molar-refractivity contribution in [3.63, 3.8) is 0 Å². The third-order valence-corrected chi connectivity index (χ3v) is 2.93. The molecule has 0 radical (unpaired) electrons. The van der Waals surface area contributed by atoms with Gasteiger partial charge in [0.05, 0.1) is 6.42 Å². The molecular weight excluding hydrogens is 254 g/mol. The summed E-state index contributed by atoms with van der Waals surface area (Å²) < 4.78 is 28.9. The highest BCUT2D eigenvalue weighted by atomic mass is 19.3. The van der Waals surface area contributed by atoms with Gasteiger partial charge in [0.2, 0.25) is 5.91 Å². The van der Waals surface area contributed by atoms with E-state index in [1.165, 1.54) is 11.0 Å². The molecule has 4 nitrogen and oxygen atoms in total. The molecule has 19 heavy (non-hydrogen) atoms. The maximum Gasteiger partial charge on any atom is 0.387 e. The minimum Gasteiger partial charge on any atom is -0.435 e. The number of rotatable bonds is 6. The first kappa shape index (κ1) is 15.4. The molecular formula is C13H18F2N2O2. The van der Waals surface area contributed by atoms with Crippen molar-refractivity contribution in [1.29, 1.82) is 0 Å². The van der Waals surface area contributed by atoms with E-state index in [0.717, 1.165) is 0 Å². The van der Waals surface area contributed by atoms with Crippen molar-refractivity contribution < 1.29 is 18.3 Å². The van der Waals surface area contributed by atoms with Gasteiger partial charge in [-0.15, -0.1) is 0 Å². The molecule has 6 heteroatoms. The highest BCUT2D eigenvalue weighted by molar-refractivity contribution is 5.79. The molecule has 0 saturated heterocycles. The van der Waals surface area contributed by atoms with Crippen LogP contribution >= 0.6 is 0 Å². The Hall–Kier alpha value is -1.69. The quantitative estimate of drug-likeness (QED) is 0.856. The first-order valence-electron chi connectivity index (χ1n) is 5.94. The number of ether oxygens (including phenoxy) is 1. The van der Waals surface area contributed by atoms with Crippen molar-refractivity contribution in [3.8, 4) is 5.75 Å². The normalized spacial score (nSPS) is 12.3. The number of amides is 1. The number of hydrogen-bond donors (Lipinski definition) is 1. The number of alkyl halides is 2. The van der Waals surface area contributed by atoms with E-state index in [-0.39, 0.29) is 24.1 Å². The molecule has 0 heterocycles. The predicted octanol–water partition coefficient (Wildman–Crippen LogP) is 1.64. The third kappa shape index (κ3) is 4.48. The molecule has 0 aliphatic carbocycles. The molecule has 106 valence electrons. The van der Waals surface area contributed by atoms with E-state index in [1.54, 1.807) is 25.2 Å². The second-order valence-electron chi connectivity index (χ2n) is 4.25. The number of para-hydroxylation sites is 1. The standard InChI is InChI=1S/C13H18F2N2O2/c1-9(8-16)17(2)12(18)7-10-5-3-4-6-11(10)19-13(14)15/h3-6,9,13H,7-8,16H2,1-2H3. The average molecular weight is 272 g/mol. The van der Waals surface area contributed by atoms with Gasteiger partial charge < -0.3 is 15.4 Å².